The number of nitrogens with zero attached hydrogens (tertiary/aromatic N) is 1. The normalized spacial score (nSPS) is 21.7. The Balaban J connectivity index is 2.40. The van der Waals surface area contributed by atoms with Crippen LogP contribution in [-0.2, 0) is 6.42 Å². The molecule has 0 bridgehead atoms. The van der Waals surface area contributed by atoms with E-state index in [0.29, 0.717) is 5.84 Å². The highest BCUT2D eigenvalue weighted by atomic mass is 16.4. The molecule has 74 valence electrons. The van der Waals surface area contributed by atoms with Crippen LogP contribution in [-0.4, -0.2) is 11.0 Å². The van der Waals surface area contributed by atoms with Gasteiger partial charge in [0, 0.05) is 5.92 Å². The van der Waals surface area contributed by atoms with E-state index in [2.05, 4.69) is 17.3 Å². The van der Waals surface area contributed by atoms with Gasteiger partial charge in [-0.2, -0.15) is 0 Å². The van der Waals surface area contributed by atoms with E-state index in [4.69, 9.17) is 10.9 Å². The average molecular weight is 190 g/mol. The fraction of sp³-hybridized carbons (Fsp3) is 0.364. The highest BCUT2D eigenvalue weighted by Crippen LogP contribution is 2.31. The number of amidine groups is 1. The smallest absolute Gasteiger partial charge is 0.146 e. The van der Waals surface area contributed by atoms with Crippen LogP contribution in [0.5, 0.6) is 0 Å². The first kappa shape index (κ1) is 9.06. The van der Waals surface area contributed by atoms with Gasteiger partial charge in [-0.3, -0.25) is 0 Å². The van der Waals surface area contributed by atoms with Crippen LogP contribution in [0.2, 0.25) is 0 Å². The highest BCUT2D eigenvalue weighted by Gasteiger charge is 2.22. The molecule has 0 spiro atoms. The molecule has 0 aliphatic heterocycles. The van der Waals surface area contributed by atoms with Crippen LogP contribution in [0.1, 0.15) is 29.9 Å². The van der Waals surface area contributed by atoms with Crippen molar-refractivity contribution >= 4 is 5.84 Å². The summed E-state index contributed by atoms with van der Waals surface area (Å²) >= 11 is 0. The monoisotopic (exact) mass is 190 g/mol. The van der Waals surface area contributed by atoms with Gasteiger partial charge in [-0.25, -0.2) is 0 Å². The molecular weight excluding hydrogens is 176 g/mol. The first-order valence-electron chi connectivity index (χ1n) is 4.88. The summed E-state index contributed by atoms with van der Waals surface area (Å²) in [6.45, 7) is 0. The van der Waals surface area contributed by atoms with Crippen LogP contribution in [0.3, 0.4) is 0 Å². The molecule has 0 saturated heterocycles. The van der Waals surface area contributed by atoms with E-state index in [1.54, 1.807) is 0 Å². The molecule has 3 heteroatoms. The molecule has 3 nitrogen and oxygen atoms in total. The van der Waals surface area contributed by atoms with Crippen LogP contribution in [0, 0.1) is 0 Å². The summed E-state index contributed by atoms with van der Waals surface area (Å²) in [5.74, 6) is 0.433. The van der Waals surface area contributed by atoms with Crippen molar-refractivity contribution in [3.63, 3.8) is 0 Å². The van der Waals surface area contributed by atoms with E-state index >= 15 is 0 Å². The molecule has 1 aliphatic carbocycles. The lowest BCUT2D eigenvalue weighted by Gasteiger charge is -2.24. The van der Waals surface area contributed by atoms with Gasteiger partial charge in [0.25, 0.3) is 0 Å². The summed E-state index contributed by atoms with van der Waals surface area (Å²) in [5, 5.41) is 11.8. The van der Waals surface area contributed by atoms with Gasteiger partial charge in [0.2, 0.25) is 0 Å². The number of fused-ring (bicyclic) bond motifs is 1. The molecule has 0 aromatic heterocycles. The third-order valence-corrected chi connectivity index (χ3v) is 2.84. The van der Waals surface area contributed by atoms with Crippen LogP contribution < -0.4 is 5.73 Å². The topological polar surface area (TPSA) is 58.6 Å². The van der Waals surface area contributed by atoms with Crippen molar-refractivity contribution in [2.24, 2.45) is 10.9 Å². The van der Waals surface area contributed by atoms with Crippen molar-refractivity contribution in [1.82, 2.24) is 0 Å². The summed E-state index contributed by atoms with van der Waals surface area (Å²) in [6.07, 6.45) is 3.19. The minimum Gasteiger partial charge on any atom is -0.409 e. The second-order valence-electron chi connectivity index (χ2n) is 3.67. The summed E-state index contributed by atoms with van der Waals surface area (Å²) in [5.41, 5.74) is 8.21. The van der Waals surface area contributed by atoms with Gasteiger partial charge >= 0.3 is 0 Å². The van der Waals surface area contributed by atoms with E-state index in [1.165, 1.54) is 11.1 Å². The molecule has 0 heterocycles. The Morgan fingerprint density at radius 3 is 3.00 bits per heavy atom. The second kappa shape index (κ2) is 3.70. The Morgan fingerprint density at radius 1 is 1.43 bits per heavy atom. The van der Waals surface area contributed by atoms with Crippen LogP contribution >= 0.6 is 0 Å². The molecule has 0 amide bonds. The average Bonchev–Trinajstić information content (AvgIpc) is 2.27. The van der Waals surface area contributed by atoms with Gasteiger partial charge in [0.1, 0.15) is 5.84 Å². The molecule has 1 aromatic carbocycles. The van der Waals surface area contributed by atoms with Gasteiger partial charge in [-0.05, 0) is 30.4 Å². The maximum atomic E-state index is 8.68. The lowest BCUT2D eigenvalue weighted by Crippen LogP contribution is -2.25. The van der Waals surface area contributed by atoms with E-state index in [1.807, 2.05) is 12.1 Å². The van der Waals surface area contributed by atoms with E-state index < -0.39 is 0 Å². The Morgan fingerprint density at radius 2 is 2.21 bits per heavy atom. The minimum absolute atomic E-state index is 0.102. The molecule has 0 unspecified atom stereocenters. The number of rotatable bonds is 1. The Hall–Kier alpha value is -1.51. The van der Waals surface area contributed by atoms with Crippen LogP contribution in [0.15, 0.2) is 29.4 Å². The van der Waals surface area contributed by atoms with Crippen LogP contribution in [0.4, 0.5) is 0 Å². The number of benzene rings is 1. The third kappa shape index (κ3) is 1.45. The summed E-state index contributed by atoms with van der Waals surface area (Å²) < 4.78 is 0. The molecule has 1 aromatic rings. The van der Waals surface area contributed by atoms with Gasteiger partial charge in [0.15, 0.2) is 0 Å². The maximum absolute atomic E-state index is 8.68. The Bertz CT molecular complexity index is 360. The van der Waals surface area contributed by atoms with E-state index in [0.717, 1.165) is 19.3 Å². The first-order valence-corrected chi connectivity index (χ1v) is 4.88. The molecule has 1 atom stereocenters. The van der Waals surface area contributed by atoms with Gasteiger partial charge in [0.05, 0.1) is 0 Å². The zero-order valence-electron chi connectivity index (χ0n) is 7.98. The van der Waals surface area contributed by atoms with Crippen molar-refractivity contribution in [2.45, 2.75) is 25.2 Å². The quantitative estimate of drug-likeness (QED) is 0.307. The number of aryl methyl sites for hydroxylation is 1. The summed E-state index contributed by atoms with van der Waals surface area (Å²) in [4.78, 5) is 0. The molecule has 0 fully saturated rings. The standard InChI is InChI=1S/C11H14N2O/c12-11(13-14)10-7-3-5-8-4-1-2-6-9(8)10/h1-2,4,6,10,14H,3,5,7H2,(H2,12,13)/t10-/m1/s1. The third-order valence-electron chi connectivity index (χ3n) is 2.84. The van der Waals surface area contributed by atoms with Crippen molar-refractivity contribution in [3.8, 4) is 0 Å². The van der Waals surface area contributed by atoms with Gasteiger partial charge in [-0.15, -0.1) is 0 Å². The fourth-order valence-electron chi connectivity index (χ4n) is 2.13. The fourth-order valence-corrected chi connectivity index (χ4v) is 2.13. The van der Waals surface area contributed by atoms with Crippen molar-refractivity contribution in [1.29, 1.82) is 0 Å². The predicted molar refractivity (Wildman–Crippen MR) is 55.5 cm³/mol. The van der Waals surface area contributed by atoms with Crippen molar-refractivity contribution in [3.05, 3.63) is 35.4 Å². The SMILES string of the molecule is N/C(=N\O)[C@@H]1CCCc2ccccc21. The molecule has 0 radical (unpaired) electrons. The number of oxime groups is 1. The Kier molecular flexibility index (Phi) is 2.39. The van der Waals surface area contributed by atoms with Gasteiger partial charge < -0.3 is 10.9 Å². The van der Waals surface area contributed by atoms with Gasteiger partial charge in [-0.1, -0.05) is 29.4 Å². The van der Waals surface area contributed by atoms with E-state index in [9.17, 15) is 0 Å². The minimum atomic E-state index is 0.102. The zero-order valence-corrected chi connectivity index (χ0v) is 7.98. The molecule has 3 N–H and O–H groups in total. The molecule has 2 rings (SSSR count). The van der Waals surface area contributed by atoms with Crippen LogP contribution in [0.25, 0.3) is 0 Å². The lowest BCUT2D eigenvalue weighted by atomic mass is 9.82. The molecular formula is C11H14N2O. The van der Waals surface area contributed by atoms with Crippen molar-refractivity contribution in [2.75, 3.05) is 0 Å². The predicted octanol–water partition coefficient (Wildman–Crippen LogP) is 1.85. The molecule has 1 aliphatic rings. The largest absolute Gasteiger partial charge is 0.409 e. The number of hydrogen-bond acceptors (Lipinski definition) is 2. The lowest BCUT2D eigenvalue weighted by molar-refractivity contribution is 0.315. The van der Waals surface area contributed by atoms with E-state index in [-0.39, 0.29) is 5.92 Å². The first-order chi connectivity index (χ1) is 6.83. The summed E-state index contributed by atoms with van der Waals surface area (Å²) in [6, 6.07) is 8.22. The summed E-state index contributed by atoms with van der Waals surface area (Å²) in [7, 11) is 0. The number of nitrogens with two attached hydrogens (primary N) is 1. The zero-order chi connectivity index (χ0) is 9.97. The molecule has 0 saturated carbocycles. The maximum Gasteiger partial charge on any atom is 0.146 e. The number of hydrogen-bond donors (Lipinski definition) is 2. The Labute approximate surface area is 83.2 Å². The highest BCUT2D eigenvalue weighted by molar-refractivity contribution is 5.87. The second-order valence-corrected chi connectivity index (χ2v) is 3.67. The van der Waals surface area contributed by atoms with Crippen molar-refractivity contribution < 1.29 is 5.21 Å². The molecule has 14 heavy (non-hydrogen) atoms.